The highest BCUT2D eigenvalue weighted by Gasteiger charge is 2.30. The van der Waals surface area contributed by atoms with Crippen LogP contribution in [0.3, 0.4) is 0 Å². The molecule has 0 bridgehead atoms. The van der Waals surface area contributed by atoms with E-state index in [-0.39, 0.29) is 23.5 Å². The van der Waals surface area contributed by atoms with E-state index in [0.29, 0.717) is 10.3 Å². The normalized spacial score (nSPS) is 12.1. The van der Waals surface area contributed by atoms with Gasteiger partial charge in [-0.05, 0) is 37.3 Å². The number of para-hydroxylation sites is 1. The number of aromatic nitrogens is 2. The van der Waals surface area contributed by atoms with Gasteiger partial charge in [0.05, 0.1) is 30.6 Å². The number of aromatic hydroxyl groups is 1. The van der Waals surface area contributed by atoms with Crippen LogP contribution in [-0.4, -0.2) is 27.5 Å². The van der Waals surface area contributed by atoms with Crippen LogP contribution in [0.15, 0.2) is 63.1 Å². The van der Waals surface area contributed by atoms with E-state index >= 15 is 0 Å². The highest BCUT2D eigenvalue weighted by molar-refractivity contribution is 6.00. The van der Waals surface area contributed by atoms with Crippen LogP contribution in [0.4, 0.5) is 13.2 Å². The molecule has 2 N–H and O–H groups in total. The van der Waals surface area contributed by atoms with Crippen molar-refractivity contribution in [1.29, 1.82) is 0 Å². The monoisotopic (exact) mass is 433 g/mol. The molecule has 1 heterocycles. The molecule has 0 spiro atoms. The molecule has 0 fully saturated rings. The molecule has 3 aromatic rings. The number of halogens is 3. The van der Waals surface area contributed by atoms with Gasteiger partial charge in [-0.2, -0.15) is 13.2 Å². The average Bonchev–Trinajstić information content (AvgIpc) is 2.71. The molecule has 0 atom stereocenters. The van der Waals surface area contributed by atoms with Gasteiger partial charge >= 0.3 is 11.9 Å². The summed E-state index contributed by atoms with van der Waals surface area (Å²) in [5.74, 6) is -0.137. The maximum Gasteiger partial charge on any atom is 0.416 e. The van der Waals surface area contributed by atoms with Gasteiger partial charge in [0, 0.05) is 5.56 Å². The summed E-state index contributed by atoms with van der Waals surface area (Å²) < 4.78 is 44.3. The SMILES string of the molecule is COc1ccccc1CN=C(C)c1c(O)n(-c2ccc(C(F)(F)F)cc2)c(=O)[nH]c1=O. The Morgan fingerprint density at radius 3 is 2.39 bits per heavy atom. The predicted molar refractivity (Wildman–Crippen MR) is 108 cm³/mol. The predicted octanol–water partition coefficient (Wildman–Crippen LogP) is 3.27. The fourth-order valence-corrected chi connectivity index (χ4v) is 3.01. The van der Waals surface area contributed by atoms with Gasteiger partial charge in [-0.3, -0.25) is 14.8 Å². The van der Waals surface area contributed by atoms with E-state index in [2.05, 4.69) is 9.98 Å². The number of aromatic amines is 1. The minimum Gasteiger partial charge on any atom is -0.496 e. The molecule has 0 saturated carbocycles. The van der Waals surface area contributed by atoms with Gasteiger partial charge in [-0.1, -0.05) is 18.2 Å². The van der Waals surface area contributed by atoms with Crippen LogP contribution in [0.25, 0.3) is 5.69 Å². The van der Waals surface area contributed by atoms with Gasteiger partial charge in [0.25, 0.3) is 5.56 Å². The Bertz CT molecular complexity index is 1240. The van der Waals surface area contributed by atoms with Crippen molar-refractivity contribution < 1.29 is 23.0 Å². The van der Waals surface area contributed by atoms with Crippen molar-refractivity contribution >= 4 is 5.71 Å². The zero-order valence-corrected chi connectivity index (χ0v) is 16.5. The van der Waals surface area contributed by atoms with E-state index in [0.717, 1.165) is 29.8 Å². The molecule has 0 aliphatic rings. The third-order valence-corrected chi connectivity index (χ3v) is 4.58. The van der Waals surface area contributed by atoms with Crippen LogP contribution in [0, 0.1) is 0 Å². The summed E-state index contributed by atoms with van der Waals surface area (Å²) in [5.41, 5.74) is -2.24. The summed E-state index contributed by atoms with van der Waals surface area (Å²) in [6, 6.07) is 10.7. The fraction of sp³-hybridized carbons (Fsp3) is 0.190. The number of alkyl halides is 3. The number of nitrogens with zero attached hydrogens (tertiary/aromatic N) is 2. The summed E-state index contributed by atoms with van der Waals surface area (Å²) in [6.45, 7) is 1.61. The van der Waals surface area contributed by atoms with Crippen molar-refractivity contribution in [2.45, 2.75) is 19.6 Å². The van der Waals surface area contributed by atoms with Crippen LogP contribution in [-0.2, 0) is 12.7 Å². The van der Waals surface area contributed by atoms with Gasteiger partial charge in [0.15, 0.2) is 0 Å². The maximum absolute atomic E-state index is 12.8. The Kier molecular flexibility index (Phi) is 6.00. The molecule has 0 unspecified atom stereocenters. The van der Waals surface area contributed by atoms with Crippen LogP contribution >= 0.6 is 0 Å². The average molecular weight is 433 g/mol. The summed E-state index contributed by atoms with van der Waals surface area (Å²) in [6.07, 6.45) is -4.55. The summed E-state index contributed by atoms with van der Waals surface area (Å²) in [5, 5.41) is 10.6. The van der Waals surface area contributed by atoms with Crippen LogP contribution < -0.4 is 16.0 Å². The lowest BCUT2D eigenvalue weighted by Gasteiger charge is -2.13. The lowest BCUT2D eigenvalue weighted by Crippen LogP contribution is -2.32. The highest BCUT2D eigenvalue weighted by Crippen LogP contribution is 2.30. The quantitative estimate of drug-likeness (QED) is 0.604. The van der Waals surface area contributed by atoms with Crippen LogP contribution in [0.2, 0.25) is 0 Å². The van der Waals surface area contributed by atoms with Crippen molar-refractivity contribution in [3.8, 4) is 17.3 Å². The Hall–Kier alpha value is -3.82. The van der Waals surface area contributed by atoms with Gasteiger partial charge in [0.1, 0.15) is 11.3 Å². The number of hydrogen-bond acceptors (Lipinski definition) is 5. The van der Waals surface area contributed by atoms with Gasteiger partial charge in [-0.15, -0.1) is 0 Å². The van der Waals surface area contributed by atoms with Crippen molar-refractivity contribution in [2.75, 3.05) is 7.11 Å². The summed E-state index contributed by atoms with van der Waals surface area (Å²) in [4.78, 5) is 30.9. The maximum atomic E-state index is 12.8. The molecule has 10 heteroatoms. The number of methoxy groups -OCH3 is 1. The molecule has 162 valence electrons. The molecular formula is C21H18F3N3O4. The largest absolute Gasteiger partial charge is 0.496 e. The van der Waals surface area contributed by atoms with Crippen molar-refractivity contribution in [3.05, 3.63) is 86.1 Å². The Labute approximate surface area is 174 Å². The Balaban J connectivity index is 2.04. The fourth-order valence-electron chi connectivity index (χ4n) is 3.01. The van der Waals surface area contributed by atoms with Crippen LogP contribution in [0.5, 0.6) is 11.6 Å². The minimum atomic E-state index is -4.55. The number of rotatable bonds is 5. The second-order valence-electron chi connectivity index (χ2n) is 6.55. The Morgan fingerprint density at radius 1 is 1.13 bits per heavy atom. The van der Waals surface area contributed by atoms with E-state index in [4.69, 9.17) is 4.74 Å². The van der Waals surface area contributed by atoms with Crippen molar-refractivity contribution in [2.24, 2.45) is 4.99 Å². The molecule has 0 radical (unpaired) electrons. The van der Waals surface area contributed by atoms with Gasteiger partial charge in [0.2, 0.25) is 5.88 Å². The van der Waals surface area contributed by atoms with E-state index in [1.54, 1.807) is 24.3 Å². The first-order valence-electron chi connectivity index (χ1n) is 9.02. The number of aliphatic imine (C=N–C) groups is 1. The first kappa shape index (κ1) is 21.9. The second kappa shape index (κ2) is 8.50. The third kappa shape index (κ3) is 4.52. The van der Waals surface area contributed by atoms with Gasteiger partial charge < -0.3 is 9.84 Å². The van der Waals surface area contributed by atoms with Crippen molar-refractivity contribution in [3.63, 3.8) is 0 Å². The smallest absolute Gasteiger partial charge is 0.416 e. The molecule has 1 aromatic heterocycles. The number of hydrogen-bond donors (Lipinski definition) is 2. The van der Waals surface area contributed by atoms with E-state index in [9.17, 15) is 27.9 Å². The zero-order chi connectivity index (χ0) is 22.8. The lowest BCUT2D eigenvalue weighted by molar-refractivity contribution is -0.137. The van der Waals surface area contributed by atoms with E-state index in [1.807, 2.05) is 0 Å². The molecule has 0 amide bonds. The standard InChI is InChI=1S/C21H18F3N3O4/c1-12(25-11-13-5-3-4-6-16(13)31-2)17-18(28)26-20(30)27(19(17)29)15-9-7-14(8-10-15)21(22,23)24/h3-10,29H,11H2,1-2H3,(H,26,28,30). The highest BCUT2D eigenvalue weighted by atomic mass is 19.4. The molecule has 0 aliphatic carbocycles. The molecule has 7 nitrogen and oxygen atoms in total. The lowest BCUT2D eigenvalue weighted by atomic mass is 10.1. The van der Waals surface area contributed by atoms with Crippen molar-refractivity contribution in [1.82, 2.24) is 9.55 Å². The molecule has 0 saturated heterocycles. The number of H-pyrrole nitrogens is 1. The van der Waals surface area contributed by atoms with E-state index < -0.39 is 28.9 Å². The number of ether oxygens (including phenoxy) is 1. The topological polar surface area (TPSA) is 96.7 Å². The molecule has 0 aliphatic heterocycles. The first-order chi connectivity index (χ1) is 14.6. The first-order valence-corrected chi connectivity index (χ1v) is 9.02. The zero-order valence-electron chi connectivity index (χ0n) is 16.5. The van der Waals surface area contributed by atoms with Crippen LogP contribution in [0.1, 0.15) is 23.6 Å². The third-order valence-electron chi connectivity index (χ3n) is 4.58. The number of benzene rings is 2. The summed E-state index contributed by atoms with van der Waals surface area (Å²) >= 11 is 0. The Morgan fingerprint density at radius 2 is 1.77 bits per heavy atom. The molecule has 2 aromatic carbocycles. The van der Waals surface area contributed by atoms with E-state index in [1.165, 1.54) is 14.0 Å². The molecule has 31 heavy (non-hydrogen) atoms. The van der Waals surface area contributed by atoms with Gasteiger partial charge in [-0.25, -0.2) is 9.36 Å². The molecule has 3 rings (SSSR count). The second-order valence-corrected chi connectivity index (χ2v) is 6.55. The number of nitrogens with one attached hydrogen (secondary N) is 1. The summed E-state index contributed by atoms with van der Waals surface area (Å²) in [7, 11) is 1.51. The molecular weight excluding hydrogens is 415 g/mol. The minimum absolute atomic E-state index is 0.0504.